The van der Waals surface area contributed by atoms with Crippen LogP contribution in [-0.4, -0.2) is 18.9 Å². The lowest BCUT2D eigenvalue weighted by molar-refractivity contribution is -0.119. The predicted molar refractivity (Wildman–Crippen MR) is 61.1 cm³/mol. The summed E-state index contributed by atoms with van der Waals surface area (Å²) in [6.45, 7) is 1.85. The van der Waals surface area contributed by atoms with E-state index in [0.717, 1.165) is 18.7 Å². The van der Waals surface area contributed by atoms with Gasteiger partial charge in [0.25, 0.3) is 0 Å². The number of ketones is 1. The zero-order valence-electron chi connectivity index (χ0n) is 8.80. The van der Waals surface area contributed by atoms with Gasteiger partial charge in [-0.25, -0.2) is 4.39 Å². The Labute approximate surface area is 98.8 Å². The van der Waals surface area contributed by atoms with Gasteiger partial charge in [0.05, 0.1) is 5.02 Å². The van der Waals surface area contributed by atoms with Crippen LogP contribution < -0.4 is 5.32 Å². The van der Waals surface area contributed by atoms with Gasteiger partial charge in [-0.15, -0.1) is 0 Å². The molecule has 1 fully saturated rings. The highest BCUT2D eigenvalue weighted by Gasteiger charge is 2.20. The molecule has 0 bridgehead atoms. The molecule has 0 radical (unpaired) electrons. The van der Waals surface area contributed by atoms with Crippen LogP contribution in [0.25, 0.3) is 0 Å². The van der Waals surface area contributed by atoms with Crippen LogP contribution in [0.5, 0.6) is 0 Å². The van der Waals surface area contributed by atoms with Crippen molar-refractivity contribution in [3.05, 3.63) is 34.6 Å². The number of rotatable bonds is 4. The van der Waals surface area contributed by atoms with Crippen molar-refractivity contribution < 1.29 is 9.18 Å². The molecule has 1 saturated heterocycles. The highest BCUT2D eigenvalue weighted by Crippen LogP contribution is 2.18. The van der Waals surface area contributed by atoms with Crippen LogP contribution in [0, 0.1) is 11.7 Å². The Balaban J connectivity index is 1.92. The lowest BCUT2D eigenvalue weighted by atomic mass is 9.94. The molecule has 1 heterocycles. The van der Waals surface area contributed by atoms with E-state index in [9.17, 15) is 9.18 Å². The highest BCUT2D eigenvalue weighted by molar-refractivity contribution is 6.30. The molecule has 1 N–H and O–H groups in total. The third-order valence-electron chi connectivity index (χ3n) is 2.77. The van der Waals surface area contributed by atoms with E-state index in [1.54, 1.807) is 6.07 Å². The van der Waals surface area contributed by atoms with E-state index in [1.807, 2.05) is 0 Å². The summed E-state index contributed by atoms with van der Waals surface area (Å²) in [5, 5.41) is 3.20. The lowest BCUT2D eigenvalue weighted by Crippen LogP contribution is -2.43. The van der Waals surface area contributed by atoms with E-state index >= 15 is 0 Å². The molecule has 0 saturated carbocycles. The Bertz CT molecular complexity index is 404. The molecule has 2 rings (SSSR count). The van der Waals surface area contributed by atoms with Crippen molar-refractivity contribution in [2.75, 3.05) is 13.1 Å². The number of carbonyl (C=O) groups is 1. The summed E-state index contributed by atoms with van der Waals surface area (Å²) in [5.74, 6) is 0.221. The molecule has 1 aromatic carbocycles. The van der Waals surface area contributed by atoms with Crippen LogP contribution in [-0.2, 0) is 11.2 Å². The third-order valence-corrected chi connectivity index (χ3v) is 3.06. The summed E-state index contributed by atoms with van der Waals surface area (Å²) < 4.78 is 12.9. The van der Waals surface area contributed by atoms with Crippen molar-refractivity contribution in [2.24, 2.45) is 5.92 Å². The third kappa shape index (κ3) is 2.80. The summed E-state index contributed by atoms with van der Waals surface area (Å²) in [6.07, 6.45) is 0.943. The van der Waals surface area contributed by atoms with Crippen LogP contribution in [0.3, 0.4) is 0 Å². The Kier molecular flexibility index (Phi) is 3.56. The minimum Gasteiger partial charge on any atom is -0.316 e. The van der Waals surface area contributed by atoms with E-state index in [-0.39, 0.29) is 10.8 Å². The average Bonchev–Trinajstić information content (AvgIpc) is 2.18. The zero-order valence-corrected chi connectivity index (χ0v) is 9.56. The van der Waals surface area contributed by atoms with Crippen molar-refractivity contribution in [1.29, 1.82) is 0 Å². The first-order valence-corrected chi connectivity index (χ1v) is 5.69. The molecular formula is C12H13ClFNO. The molecule has 86 valence electrons. The molecule has 0 aliphatic carbocycles. The normalized spacial score (nSPS) is 15.9. The van der Waals surface area contributed by atoms with Crippen LogP contribution in [0.4, 0.5) is 4.39 Å². The van der Waals surface area contributed by atoms with Gasteiger partial charge in [0, 0.05) is 12.8 Å². The van der Waals surface area contributed by atoms with Crippen molar-refractivity contribution in [1.82, 2.24) is 5.32 Å². The van der Waals surface area contributed by atoms with Crippen molar-refractivity contribution in [2.45, 2.75) is 12.8 Å². The van der Waals surface area contributed by atoms with Gasteiger partial charge in [0.1, 0.15) is 11.6 Å². The number of hydrogen-bond acceptors (Lipinski definition) is 2. The van der Waals surface area contributed by atoms with Gasteiger partial charge in [0.15, 0.2) is 0 Å². The van der Waals surface area contributed by atoms with Crippen molar-refractivity contribution in [3.8, 4) is 0 Å². The maximum atomic E-state index is 12.9. The van der Waals surface area contributed by atoms with E-state index in [4.69, 9.17) is 11.6 Å². The number of carbonyl (C=O) groups excluding carboxylic acids is 1. The minimum atomic E-state index is -0.443. The molecule has 4 heteroatoms. The van der Waals surface area contributed by atoms with Gasteiger partial charge >= 0.3 is 0 Å². The minimum absolute atomic E-state index is 0.0793. The lowest BCUT2D eigenvalue weighted by Gasteiger charge is -2.26. The maximum Gasteiger partial charge on any atom is 0.141 e. The van der Waals surface area contributed by atoms with E-state index in [1.165, 1.54) is 12.1 Å². The van der Waals surface area contributed by atoms with Gasteiger partial charge in [-0.05, 0) is 36.7 Å². The number of halogens is 2. The molecule has 0 amide bonds. The summed E-state index contributed by atoms with van der Waals surface area (Å²) in [5.41, 5.74) is 0.781. The van der Waals surface area contributed by atoms with Gasteiger partial charge in [0.2, 0.25) is 0 Å². The standard InChI is InChI=1S/C12H13ClFNO/c13-11-5-8(1-2-12(11)14)3-10(16)4-9-6-15-7-9/h1-2,5,9,15H,3-4,6-7H2. The summed E-state index contributed by atoms with van der Waals surface area (Å²) in [6, 6.07) is 4.43. The largest absolute Gasteiger partial charge is 0.316 e. The van der Waals surface area contributed by atoms with Crippen LogP contribution in [0.15, 0.2) is 18.2 Å². The summed E-state index contributed by atoms with van der Waals surface area (Å²) >= 11 is 5.65. The Morgan fingerprint density at radius 3 is 2.81 bits per heavy atom. The Morgan fingerprint density at radius 2 is 2.25 bits per heavy atom. The SMILES string of the molecule is O=C(Cc1ccc(F)c(Cl)c1)CC1CNC1. The Hall–Kier alpha value is -0.930. The molecule has 0 spiro atoms. The van der Waals surface area contributed by atoms with Crippen molar-refractivity contribution in [3.63, 3.8) is 0 Å². The fraction of sp³-hybridized carbons (Fsp3) is 0.417. The second-order valence-electron chi connectivity index (χ2n) is 4.19. The van der Waals surface area contributed by atoms with Gasteiger partial charge in [-0.1, -0.05) is 17.7 Å². The quantitative estimate of drug-likeness (QED) is 0.876. The van der Waals surface area contributed by atoms with Crippen LogP contribution in [0.2, 0.25) is 5.02 Å². The van der Waals surface area contributed by atoms with Gasteiger partial charge in [-0.3, -0.25) is 4.79 Å². The maximum absolute atomic E-state index is 12.9. The first-order valence-electron chi connectivity index (χ1n) is 5.31. The van der Waals surface area contributed by atoms with Crippen LogP contribution >= 0.6 is 11.6 Å². The molecule has 0 unspecified atom stereocenters. The zero-order chi connectivity index (χ0) is 11.5. The highest BCUT2D eigenvalue weighted by atomic mass is 35.5. The summed E-state index contributed by atoms with van der Waals surface area (Å²) in [7, 11) is 0. The second kappa shape index (κ2) is 4.93. The monoisotopic (exact) mass is 241 g/mol. The molecule has 2 nitrogen and oxygen atoms in total. The van der Waals surface area contributed by atoms with E-state index in [0.29, 0.717) is 18.8 Å². The smallest absolute Gasteiger partial charge is 0.141 e. The average molecular weight is 242 g/mol. The number of Topliss-reactive ketones (excluding diaryl/α,β-unsaturated/α-hetero) is 1. The fourth-order valence-corrected chi connectivity index (χ4v) is 1.97. The fourth-order valence-electron chi connectivity index (χ4n) is 1.76. The number of nitrogens with one attached hydrogen (secondary N) is 1. The molecular weight excluding hydrogens is 229 g/mol. The number of benzene rings is 1. The molecule has 1 aromatic rings. The predicted octanol–water partition coefficient (Wildman–Crippen LogP) is 2.20. The van der Waals surface area contributed by atoms with E-state index < -0.39 is 5.82 Å². The summed E-state index contributed by atoms with van der Waals surface area (Å²) in [4.78, 5) is 11.6. The van der Waals surface area contributed by atoms with Crippen LogP contribution in [0.1, 0.15) is 12.0 Å². The van der Waals surface area contributed by atoms with Gasteiger partial charge < -0.3 is 5.32 Å². The molecule has 16 heavy (non-hydrogen) atoms. The topological polar surface area (TPSA) is 29.1 Å². The number of hydrogen-bond donors (Lipinski definition) is 1. The first-order chi connectivity index (χ1) is 7.65. The second-order valence-corrected chi connectivity index (χ2v) is 4.60. The van der Waals surface area contributed by atoms with Crippen molar-refractivity contribution >= 4 is 17.4 Å². The van der Waals surface area contributed by atoms with Gasteiger partial charge in [-0.2, -0.15) is 0 Å². The molecule has 0 atom stereocenters. The Morgan fingerprint density at radius 1 is 1.50 bits per heavy atom. The molecule has 1 aliphatic rings. The van der Waals surface area contributed by atoms with E-state index in [2.05, 4.69) is 5.32 Å². The molecule has 1 aliphatic heterocycles. The molecule has 0 aromatic heterocycles. The first kappa shape index (κ1) is 11.6.